The minimum atomic E-state index is -0.387. The Kier molecular flexibility index (Phi) is 9.90. The minimum Gasteiger partial charge on any atom is -0.376 e. The third kappa shape index (κ3) is 7.52. The topological polar surface area (TPSA) is 84.4 Å². The molecule has 0 aromatic carbocycles. The number of amides is 1. The highest BCUT2D eigenvalue weighted by Crippen LogP contribution is 2.39. The van der Waals surface area contributed by atoms with E-state index in [1.165, 1.54) is 0 Å². The first-order valence-electron chi connectivity index (χ1n) is 10.6. The number of rotatable bonds is 6. The third-order valence-corrected chi connectivity index (χ3v) is 5.84. The molecule has 9 heteroatoms. The Labute approximate surface area is 191 Å². The number of halogens is 1. The summed E-state index contributed by atoms with van der Waals surface area (Å²) in [5, 5.41) is 6.62. The Morgan fingerprint density at radius 3 is 2.45 bits per heavy atom. The molecule has 1 amide bonds. The number of guanidine groups is 1. The maximum absolute atomic E-state index is 11.9. The van der Waals surface area contributed by atoms with Crippen LogP contribution in [-0.4, -0.2) is 81.7 Å². The molecular formula is C20H37IN4O4. The molecule has 3 aliphatic rings. The Hall–Kier alpha value is -0.650. The number of nitrogens with one attached hydrogen (secondary N) is 2. The SMILES string of the molecule is CC1CCC2(CC1)OCC(CNC(=NCC(=O)N(C)C)NCC1CCCO1)O2.I. The first-order chi connectivity index (χ1) is 13.5. The maximum Gasteiger partial charge on any atom is 0.243 e. The van der Waals surface area contributed by atoms with Gasteiger partial charge >= 0.3 is 0 Å². The summed E-state index contributed by atoms with van der Waals surface area (Å²) in [6.45, 7) is 5.10. The van der Waals surface area contributed by atoms with Crippen molar-refractivity contribution in [2.45, 2.75) is 63.4 Å². The van der Waals surface area contributed by atoms with Crippen LogP contribution in [0.4, 0.5) is 0 Å². The van der Waals surface area contributed by atoms with Gasteiger partial charge in [0.25, 0.3) is 0 Å². The van der Waals surface area contributed by atoms with Gasteiger partial charge in [0.05, 0.1) is 12.7 Å². The zero-order chi connectivity index (χ0) is 20.0. The van der Waals surface area contributed by atoms with Crippen LogP contribution in [0.2, 0.25) is 0 Å². The van der Waals surface area contributed by atoms with Crippen molar-refractivity contribution in [3.05, 3.63) is 0 Å². The number of aliphatic imine (C=N–C) groups is 1. The molecule has 3 fully saturated rings. The standard InChI is InChI=1S/C20H36N4O4.HI/c1-15-6-8-20(9-7-15)27-14-17(28-20)12-22-19(23-13-18(25)24(2)3)21-11-16-5-4-10-26-16;/h15-17H,4-14H2,1-3H3,(H2,21,22,23);1H. The fraction of sp³-hybridized carbons (Fsp3) is 0.900. The summed E-state index contributed by atoms with van der Waals surface area (Å²) < 4.78 is 18.0. The molecule has 1 aliphatic carbocycles. The molecular weight excluding hydrogens is 487 g/mol. The largest absolute Gasteiger partial charge is 0.376 e. The first kappa shape index (κ1) is 24.6. The normalized spacial score (nSPS) is 32.1. The van der Waals surface area contributed by atoms with E-state index in [4.69, 9.17) is 14.2 Å². The molecule has 0 radical (unpaired) electrons. The molecule has 2 saturated heterocycles. The molecule has 2 heterocycles. The van der Waals surface area contributed by atoms with Crippen LogP contribution in [0.15, 0.2) is 4.99 Å². The summed E-state index contributed by atoms with van der Waals surface area (Å²) in [5.41, 5.74) is 0. The van der Waals surface area contributed by atoms with Crippen LogP contribution in [-0.2, 0) is 19.0 Å². The van der Waals surface area contributed by atoms with Crippen molar-refractivity contribution in [1.82, 2.24) is 15.5 Å². The number of hydrogen-bond donors (Lipinski definition) is 2. The van der Waals surface area contributed by atoms with Gasteiger partial charge in [-0.3, -0.25) is 4.79 Å². The van der Waals surface area contributed by atoms with E-state index in [1.54, 1.807) is 19.0 Å². The molecule has 2 unspecified atom stereocenters. The number of nitrogens with zero attached hydrogens (tertiary/aromatic N) is 2. The van der Waals surface area contributed by atoms with Gasteiger partial charge in [0.15, 0.2) is 11.7 Å². The van der Waals surface area contributed by atoms with Crippen LogP contribution in [0.5, 0.6) is 0 Å². The lowest BCUT2D eigenvalue weighted by Crippen LogP contribution is -2.45. The molecule has 2 aliphatic heterocycles. The van der Waals surface area contributed by atoms with Crippen LogP contribution in [0.25, 0.3) is 0 Å². The predicted molar refractivity (Wildman–Crippen MR) is 123 cm³/mol. The van der Waals surface area contributed by atoms with Crippen LogP contribution in [0.3, 0.4) is 0 Å². The molecule has 0 bridgehead atoms. The van der Waals surface area contributed by atoms with Crippen molar-refractivity contribution in [3.8, 4) is 0 Å². The van der Waals surface area contributed by atoms with Gasteiger partial charge < -0.3 is 29.7 Å². The van der Waals surface area contributed by atoms with Crippen molar-refractivity contribution in [2.24, 2.45) is 10.9 Å². The third-order valence-electron chi connectivity index (χ3n) is 5.84. The summed E-state index contributed by atoms with van der Waals surface area (Å²) in [7, 11) is 3.47. The molecule has 8 nitrogen and oxygen atoms in total. The average Bonchev–Trinajstić information content (AvgIpc) is 3.34. The maximum atomic E-state index is 11.9. The summed E-state index contributed by atoms with van der Waals surface area (Å²) in [4.78, 5) is 17.9. The molecule has 2 N–H and O–H groups in total. The lowest BCUT2D eigenvalue weighted by Gasteiger charge is -2.34. The quantitative estimate of drug-likeness (QED) is 0.313. The molecule has 0 aromatic rings. The van der Waals surface area contributed by atoms with E-state index in [2.05, 4.69) is 22.5 Å². The van der Waals surface area contributed by atoms with E-state index >= 15 is 0 Å². The average molecular weight is 524 g/mol. The molecule has 0 aromatic heterocycles. The van der Waals surface area contributed by atoms with Gasteiger partial charge in [-0.25, -0.2) is 4.99 Å². The highest BCUT2D eigenvalue weighted by atomic mass is 127. The smallest absolute Gasteiger partial charge is 0.243 e. The first-order valence-corrected chi connectivity index (χ1v) is 10.6. The van der Waals surface area contributed by atoms with Crippen molar-refractivity contribution >= 4 is 35.8 Å². The zero-order valence-electron chi connectivity index (χ0n) is 17.9. The van der Waals surface area contributed by atoms with E-state index < -0.39 is 0 Å². The Morgan fingerprint density at radius 1 is 1.14 bits per heavy atom. The summed E-state index contributed by atoms with van der Waals surface area (Å²) in [5.74, 6) is 0.953. The van der Waals surface area contributed by atoms with Gasteiger partial charge in [0, 0.05) is 46.6 Å². The van der Waals surface area contributed by atoms with Crippen LogP contribution >= 0.6 is 24.0 Å². The Morgan fingerprint density at radius 2 is 1.83 bits per heavy atom. The van der Waals surface area contributed by atoms with E-state index in [1.807, 2.05) is 0 Å². The second kappa shape index (κ2) is 11.7. The monoisotopic (exact) mass is 524 g/mol. The van der Waals surface area contributed by atoms with Gasteiger partial charge in [0.2, 0.25) is 5.91 Å². The fourth-order valence-corrected chi connectivity index (χ4v) is 3.87. The van der Waals surface area contributed by atoms with Crippen LogP contribution < -0.4 is 10.6 Å². The van der Waals surface area contributed by atoms with E-state index in [9.17, 15) is 4.79 Å². The van der Waals surface area contributed by atoms with E-state index in [0.29, 0.717) is 25.7 Å². The number of likely N-dealkylation sites (N-methyl/N-ethyl adjacent to an activating group) is 1. The van der Waals surface area contributed by atoms with Gasteiger partial charge in [-0.15, -0.1) is 24.0 Å². The fourth-order valence-electron chi connectivity index (χ4n) is 3.87. The Balaban J connectivity index is 0.00000300. The van der Waals surface area contributed by atoms with Gasteiger partial charge in [0.1, 0.15) is 12.6 Å². The second-order valence-electron chi connectivity index (χ2n) is 8.49. The molecule has 3 rings (SSSR count). The summed E-state index contributed by atoms with van der Waals surface area (Å²) in [6.07, 6.45) is 6.60. The lowest BCUT2D eigenvalue weighted by molar-refractivity contribution is -0.191. The lowest BCUT2D eigenvalue weighted by atomic mass is 9.86. The van der Waals surface area contributed by atoms with Crippen molar-refractivity contribution < 1.29 is 19.0 Å². The van der Waals surface area contributed by atoms with Crippen LogP contribution in [0, 0.1) is 5.92 Å². The van der Waals surface area contributed by atoms with Crippen molar-refractivity contribution in [3.63, 3.8) is 0 Å². The molecule has 2 atom stereocenters. The molecule has 1 saturated carbocycles. The number of carbonyl (C=O) groups excluding carboxylic acids is 1. The Bertz CT molecular complexity index is 547. The number of ether oxygens (including phenoxy) is 3. The van der Waals surface area contributed by atoms with Crippen molar-refractivity contribution in [2.75, 3.05) is 46.9 Å². The van der Waals surface area contributed by atoms with E-state index in [0.717, 1.165) is 51.0 Å². The predicted octanol–water partition coefficient (Wildman–Crippen LogP) is 1.73. The zero-order valence-corrected chi connectivity index (χ0v) is 20.3. The second-order valence-corrected chi connectivity index (χ2v) is 8.49. The van der Waals surface area contributed by atoms with Crippen LogP contribution in [0.1, 0.15) is 45.4 Å². The summed E-state index contributed by atoms with van der Waals surface area (Å²) >= 11 is 0. The summed E-state index contributed by atoms with van der Waals surface area (Å²) in [6, 6.07) is 0. The van der Waals surface area contributed by atoms with Crippen molar-refractivity contribution in [1.29, 1.82) is 0 Å². The number of hydrogen-bond acceptors (Lipinski definition) is 5. The molecule has 1 spiro atoms. The minimum absolute atomic E-state index is 0. The van der Waals surface area contributed by atoms with Gasteiger partial charge in [-0.2, -0.15) is 0 Å². The highest BCUT2D eigenvalue weighted by molar-refractivity contribution is 14.0. The van der Waals surface area contributed by atoms with Gasteiger partial charge in [-0.05, 0) is 31.6 Å². The van der Waals surface area contributed by atoms with E-state index in [-0.39, 0.29) is 54.4 Å². The number of carbonyl (C=O) groups is 1. The molecule has 29 heavy (non-hydrogen) atoms. The molecule has 168 valence electrons. The van der Waals surface area contributed by atoms with Gasteiger partial charge in [-0.1, -0.05) is 6.92 Å². The highest BCUT2D eigenvalue weighted by Gasteiger charge is 2.43.